The van der Waals surface area contributed by atoms with Crippen LogP contribution in [0.25, 0.3) is 0 Å². The topological polar surface area (TPSA) is 23.6 Å². The number of nitrogens with zero attached hydrogens (tertiary/aromatic N) is 2. The van der Waals surface area contributed by atoms with Crippen LogP contribution in [0.2, 0.25) is 0 Å². The van der Waals surface area contributed by atoms with Gasteiger partial charge < -0.3 is 4.90 Å². The SMILES string of the molecule is Cc1ccccc1CN1CCCN(C(=O)C2(c3cccc(F)c3)CCC2)CC1. The number of carbonyl (C=O) groups excluding carboxylic acids is 1. The van der Waals surface area contributed by atoms with Crippen LogP contribution in [0, 0.1) is 12.7 Å². The molecule has 1 aliphatic heterocycles. The van der Waals surface area contributed by atoms with Crippen LogP contribution in [-0.4, -0.2) is 41.9 Å². The summed E-state index contributed by atoms with van der Waals surface area (Å²) >= 11 is 0. The van der Waals surface area contributed by atoms with Crippen LogP contribution in [0.3, 0.4) is 0 Å². The largest absolute Gasteiger partial charge is 0.341 e. The molecule has 1 saturated heterocycles. The third-order valence-electron chi connectivity index (χ3n) is 6.52. The molecular formula is C24H29FN2O. The van der Waals surface area contributed by atoms with E-state index in [4.69, 9.17) is 0 Å². The summed E-state index contributed by atoms with van der Waals surface area (Å²) in [5.74, 6) is -0.0565. The number of rotatable bonds is 4. The van der Waals surface area contributed by atoms with Crippen molar-refractivity contribution in [1.82, 2.24) is 9.80 Å². The molecule has 0 atom stereocenters. The molecule has 0 N–H and O–H groups in total. The number of benzene rings is 2. The molecule has 1 heterocycles. The Bertz CT molecular complexity index is 846. The summed E-state index contributed by atoms with van der Waals surface area (Å²) in [6, 6.07) is 15.2. The van der Waals surface area contributed by atoms with Crippen LogP contribution >= 0.6 is 0 Å². The van der Waals surface area contributed by atoms with Gasteiger partial charge in [-0.05, 0) is 55.0 Å². The van der Waals surface area contributed by atoms with Gasteiger partial charge in [0.25, 0.3) is 0 Å². The lowest BCUT2D eigenvalue weighted by Crippen LogP contribution is -2.52. The summed E-state index contributed by atoms with van der Waals surface area (Å²) in [5.41, 5.74) is 3.02. The highest BCUT2D eigenvalue weighted by Crippen LogP contribution is 2.45. The first-order valence-electron chi connectivity index (χ1n) is 10.4. The number of carbonyl (C=O) groups is 1. The smallest absolute Gasteiger partial charge is 0.233 e. The molecule has 0 radical (unpaired) electrons. The Morgan fingerprint density at radius 1 is 1.00 bits per heavy atom. The predicted molar refractivity (Wildman–Crippen MR) is 110 cm³/mol. The summed E-state index contributed by atoms with van der Waals surface area (Å²) < 4.78 is 13.8. The summed E-state index contributed by atoms with van der Waals surface area (Å²) in [4.78, 5) is 18.0. The number of amides is 1. The first-order chi connectivity index (χ1) is 13.6. The van der Waals surface area contributed by atoms with Gasteiger partial charge in [0.15, 0.2) is 0 Å². The highest BCUT2D eigenvalue weighted by molar-refractivity contribution is 5.89. The van der Waals surface area contributed by atoms with E-state index in [1.807, 2.05) is 11.0 Å². The van der Waals surface area contributed by atoms with E-state index in [0.717, 1.165) is 64.0 Å². The van der Waals surface area contributed by atoms with Gasteiger partial charge in [0.2, 0.25) is 5.91 Å². The summed E-state index contributed by atoms with van der Waals surface area (Å²) in [5, 5.41) is 0. The maximum atomic E-state index is 13.8. The molecule has 1 amide bonds. The van der Waals surface area contributed by atoms with Crippen molar-refractivity contribution in [2.24, 2.45) is 0 Å². The van der Waals surface area contributed by atoms with Crippen molar-refractivity contribution >= 4 is 5.91 Å². The quantitative estimate of drug-likeness (QED) is 0.790. The zero-order valence-electron chi connectivity index (χ0n) is 16.7. The van der Waals surface area contributed by atoms with Crippen molar-refractivity contribution in [2.75, 3.05) is 26.2 Å². The molecule has 0 unspecified atom stereocenters. The van der Waals surface area contributed by atoms with Gasteiger partial charge in [0.05, 0.1) is 5.41 Å². The zero-order chi connectivity index (χ0) is 19.6. The van der Waals surface area contributed by atoms with Gasteiger partial charge in [-0.15, -0.1) is 0 Å². The minimum atomic E-state index is -0.507. The zero-order valence-corrected chi connectivity index (χ0v) is 16.7. The molecule has 0 aromatic heterocycles. The summed E-state index contributed by atoms with van der Waals surface area (Å²) in [7, 11) is 0. The second-order valence-electron chi connectivity index (χ2n) is 8.29. The standard InChI is InChI=1S/C24H29FN2O/c1-19-7-2-3-8-20(19)18-26-13-6-14-27(16-15-26)23(28)24(11-5-12-24)21-9-4-10-22(25)17-21/h2-4,7-10,17H,5-6,11-16,18H2,1H3. The molecule has 1 saturated carbocycles. The Kier molecular flexibility index (Phi) is 5.49. The Morgan fingerprint density at radius 3 is 2.54 bits per heavy atom. The number of hydrogen-bond donors (Lipinski definition) is 0. The van der Waals surface area contributed by atoms with E-state index in [-0.39, 0.29) is 11.7 Å². The Labute approximate surface area is 167 Å². The molecule has 4 heteroatoms. The second-order valence-corrected chi connectivity index (χ2v) is 8.29. The van der Waals surface area contributed by atoms with E-state index in [1.54, 1.807) is 12.1 Å². The fourth-order valence-electron chi connectivity index (χ4n) is 4.61. The predicted octanol–water partition coefficient (Wildman–Crippen LogP) is 4.29. The molecule has 148 valence electrons. The van der Waals surface area contributed by atoms with Gasteiger partial charge in [0, 0.05) is 32.7 Å². The van der Waals surface area contributed by atoms with E-state index in [2.05, 4.69) is 36.1 Å². The molecule has 3 nitrogen and oxygen atoms in total. The second kappa shape index (κ2) is 8.04. The van der Waals surface area contributed by atoms with Crippen molar-refractivity contribution in [2.45, 2.75) is 44.6 Å². The number of halogens is 1. The van der Waals surface area contributed by atoms with Crippen molar-refractivity contribution in [3.63, 3.8) is 0 Å². The van der Waals surface area contributed by atoms with Gasteiger partial charge in [-0.3, -0.25) is 9.69 Å². The summed E-state index contributed by atoms with van der Waals surface area (Å²) in [6.45, 7) is 6.53. The first kappa shape index (κ1) is 19.1. The monoisotopic (exact) mass is 380 g/mol. The molecule has 28 heavy (non-hydrogen) atoms. The maximum Gasteiger partial charge on any atom is 0.233 e. The van der Waals surface area contributed by atoms with Crippen LogP contribution in [-0.2, 0) is 16.8 Å². The average molecular weight is 381 g/mol. The fourth-order valence-corrected chi connectivity index (χ4v) is 4.61. The molecule has 4 rings (SSSR count). The molecule has 0 spiro atoms. The number of hydrogen-bond acceptors (Lipinski definition) is 2. The molecular weight excluding hydrogens is 351 g/mol. The Hall–Kier alpha value is -2.20. The van der Waals surface area contributed by atoms with Crippen molar-refractivity contribution in [3.05, 3.63) is 71.0 Å². The van der Waals surface area contributed by atoms with Gasteiger partial charge in [-0.1, -0.05) is 42.8 Å². The van der Waals surface area contributed by atoms with Crippen LogP contribution in [0.15, 0.2) is 48.5 Å². The molecule has 0 bridgehead atoms. The molecule has 2 fully saturated rings. The number of aryl methyl sites for hydroxylation is 1. The van der Waals surface area contributed by atoms with E-state index in [9.17, 15) is 9.18 Å². The molecule has 1 aliphatic carbocycles. The molecule has 2 aromatic carbocycles. The Morgan fingerprint density at radius 2 is 1.82 bits per heavy atom. The minimum absolute atomic E-state index is 0.196. The van der Waals surface area contributed by atoms with Crippen molar-refractivity contribution < 1.29 is 9.18 Å². The highest BCUT2D eigenvalue weighted by atomic mass is 19.1. The van der Waals surface area contributed by atoms with Crippen molar-refractivity contribution in [1.29, 1.82) is 0 Å². The third kappa shape index (κ3) is 3.70. The lowest BCUT2D eigenvalue weighted by molar-refractivity contribution is -0.140. The average Bonchev–Trinajstić information content (AvgIpc) is 2.88. The van der Waals surface area contributed by atoms with Crippen molar-refractivity contribution in [3.8, 4) is 0 Å². The molecule has 2 aromatic rings. The van der Waals surface area contributed by atoms with Gasteiger partial charge in [-0.25, -0.2) is 4.39 Å². The molecule has 2 aliphatic rings. The normalized spacial score (nSPS) is 19.7. The van der Waals surface area contributed by atoms with Gasteiger partial charge >= 0.3 is 0 Å². The van der Waals surface area contributed by atoms with Gasteiger partial charge in [-0.2, -0.15) is 0 Å². The van der Waals surface area contributed by atoms with Crippen LogP contribution in [0.1, 0.15) is 42.4 Å². The lowest BCUT2D eigenvalue weighted by atomic mass is 9.63. The van der Waals surface area contributed by atoms with Crippen LogP contribution < -0.4 is 0 Å². The van der Waals surface area contributed by atoms with E-state index >= 15 is 0 Å². The highest BCUT2D eigenvalue weighted by Gasteiger charge is 2.47. The van der Waals surface area contributed by atoms with E-state index in [0.29, 0.717) is 0 Å². The first-order valence-corrected chi connectivity index (χ1v) is 10.4. The van der Waals surface area contributed by atoms with Gasteiger partial charge in [0.1, 0.15) is 5.82 Å². The third-order valence-corrected chi connectivity index (χ3v) is 6.52. The fraction of sp³-hybridized carbons (Fsp3) is 0.458. The lowest BCUT2D eigenvalue weighted by Gasteiger charge is -2.44. The van der Waals surface area contributed by atoms with E-state index < -0.39 is 5.41 Å². The van der Waals surface area contributed by atoms with E-state index in [1.165, 1.54) is 17.2 Å². The van der Waals surface area contributed by atoms with Crippen LogP contribution in [0.5, 0.6) is 0 Å². The van der Waals surface area contributed by atoms with Crippen LogP contribution in [0.4, 0.5) is 4.39 Å². The summed E-state index contributed by atoms with van der Waals surface area (Å²) in [6.07, 6.45) is 3.68. The minimum Gasteiger partial charge on any atom is -0.341 e. The Balaban J connectivity index is 1.45. The maximum absolute atomic E-state index is 13.8.